The second-order valence-electron chi connectivity index (χ2n) is 10.7. The molecule has 12 nitrogen and oxygen atoms in total. The van der Waals surface area contributed by atoms with Gasteiger partial charge in [-0.1, -0.05) is 5.21 Å². The molecule has 1 saturated heterocycles. The van der Waals surface area contributed by atoms with Crippen LogP contribution in [0.2, 0.25) is 0 Å². The summed E-state index contributed by atoms with van der Waals surface area (Å²) in [6.07, 6.45) is 1.85. The number of nitrogens with zero attached hydrogens (tertiary/aromatic N) is 3. The van der Waals surface area contributed by atoms with E-state index < -0.39 is 11.8 Å². The lowest BCUT2D eigenvalue weighted by Crippen LogP contribution is -2.37. The van der Waals surface area contributed by atoms with Crippen LogP contribution in [0, 0.1) is 11.8 Å². The molecule has 3 aliphatic rings. The van der Waals surface area contributed by atoms with Gasteiger partial charge in [0.05, 0.1) is 53.2 Å². The molecule has 4 aromatic rings. The zero-order chi connectivity index (χ0) is 30.4. The third-order valence-electron chi connectivity index (χ3n) is 8.48. The predicted octanol–water partition coefficient (Wildman–Crippen LogP) is 4.14. The van der Waals surface area contributed by atoms with Crippen molar-refractivity contribution in [1.82, 2.24) is 15.0 Å². The van der Waals surface area contributed by atoms with Gasteiger partial charge in [-0.2, -0.15) is 0 Å². The molecule has 0 saturated carbocycles. The van der Waals surface area contributed by atoms with Crippen LogP contribution in [0.3, 0.4) is 0 Å². The normalized spacial score (nSPS) is 21.2. The second kappa shape index (κ2) is 11.2. The van der Waals surface area contributed by atoms with E-state index in [2.05, 4.69) is 10.3 Å². The smallest absolute Gasteiger partial charge is 0.310 e. The maximum atomic E-state index is 13.5. The van der Waals surface area contributed by atoms with Gasteiger partial charge in [-0.05, 0) is 65.2 Å². The quantitative estimate of drug-likeness (QED) is 0.257. The summed E-state index contributed by atoms with van der Waals surface area (Å²) >= 11 is 0. The number of fused-ring (bicyclic) bond motifs is 3. The summed E-state index contributed by atoms with van der Waals surface area (Å²) in [4.78, 5) is 13.5. The Morgan fingerprint density at radius 1 is 0.841 bits per heavy atom. The number of benzene rings is 3. The summed E-state index contributed by atoms with van der Waals surface area (Å²) in [6.45, 7) is 0.550. The van der Waals surface area contributed by atoms with Gasteiger partial charge in [0, 0.05) is 11.8 Å². The molecular formula is C32H31N3O9. The zero-order valence-electron chi connectivity index (χ0n) is 24.6. The number of esters is 1. The third-order valence-corrected chi connectivity index (χ3v) is 8.48. The van der Waals surface area contributed by atoms with Gasteiger partial charge in [0.25, 0.3) is 0 Å². The monoisotopic (exact) mass is 601 g/mol. The molecule has 0 spiro atoms. The second-order valence-corrected chi connectivity index (χ2v) is 10.7. The van der Waals surface area contributed by atoms with Crippen LogP contribution in [0.25, 0.3) is 0 Å². The maximum absolute atomic E-state index is 13.5. The Hall–Kier alpha value is -5.13. The summed E-state index contributed by atoms with van der Waals surface area (Å²) < 4.78 is 47.1. The number of ether oxygens (including phenoxy) is 8. The highest BCUT2D eigenvalue weighted by atomic mass is 16.7. The summed E-state index contributed by atoms with van der Waals surface area (Å²) in [6, 6.07) is 14.6. The number of carbonyl (C=O) groups is 1. The van der Waals surface area contributed by atoms with Crippen molar-refractivity contribution in [3.63, 3.8) is 0 Å². The Balaban J connectivity index is 1.30. The standard InChI is InChI=1S/C32H31N3O9/c1-37-19-5-7-20(8-6-19)41-14-18-13-35(34-33-18)30-22-12-25-24(43-16-44-25)11-21(22)28(29-23(30)15-42-32(29)36)17-9-26(38-2)31(40-4)27(10-17)39-3/h5-13,23,28-30H,14-16H2,1-4H3/t23-,28+,29-,30-/m0/s1. The van der Waals surface area contributed by atoms with Gasteiger partial charge < -0.3 is 37.9 Å². The average molecular weight is 602 g/mol. The Morgan fingerprint density at radius 2 is 1.52 bits per heavy atom. The van der Waals surface area contributed by atoms with Gasteiger partial charge in [0.1, 0.15) is 23.8 Å². The molecular weight excluding hydrogens is 570 g/mol. The van der Waals surface area contributed by atoms with E-state index in [9.17, 15) is 4.79 Å². The minimum atomic E-state index is -0.529. The summed E-state index contributed by atoms with van der Waals surface area (Å²) in [5.41, 5.74) is 3.27. The highest BCUT2D eigenvalue weighted by Gasteiger charge is 2.53. The van der Waals surface area contributed by atoms with Crippen molar-refractivity contribution in [2.24, 2.45) is 11.8 Å². The van der Waals surface area contributed by atoms with Crippen LogP contribution < -0.4 is 33.2 Å². The molecule has 0 amide bonds. The van der Waals surface area contributed by atoms with Crippen LogP contribution in [0.1, 0.15) is 34.3 Å². The van der Waals surface area contributed by atoms with Gasteiger partial charge in [0.2, 0.25) is 12.5 Å². The van der Waals surface area contributed by atoms with Gasteiger partial charge in [0.15, 0.2) is 23.0 Å². The van der Waals surface area contributed by atoms with Crippen LogP contribution in [-0.2, 0) is 16.1 Å². The minimum Gasteiger partial charge on any atom is -0.497 e. The molecule has 3 heterocycles. The fourth-order valence-electron chi connectivity index (χ4n) is 6.50. The molecule has 12 heteroatoms. The lowest BCUT2D eigenvalue weighted by Gasteiger charge is -2.39. The highest BCUT2D eigenvalue weighted by Crippen LogP contribution is 2.56. The average Bonchev–Trinajstić information content (AvgIpc) is 3.81. The predicted molar refractivity (Wildman–Crippen MR) is 154 cm³/mol. The van der Waals surface area contributed by atoms with E-state index in [-0.39, 0.29) is 37.9 Å². The van der Waals surface area contributed by atoms with Gasteiger partial charge in [-0.25, -0.2) is 4.68 Å². The molecule has 0 radical (unpaired) electrons. The van der Waals surface area contributed by atoms with Crippen molar-refractivity contribution in [2.75, 3.05) is 41.8 Å². The number of rotatable bonds is 9. The van der Waals surface area contributed by atoms with Crippen LogP contribution in [0.5, 0.6) is 40.2 Å². The zero-order valence-corrected chi connectivity index (χ0v) is 24.6. The Bertz CT molecular complexity index is 1680. The molecule has 1 aromatic heterocycles. The summed E-state index contributed by atoms with van der Waals surface area (Å²) in [5, 5.41) is 8.90. The van der Waals surface area contributed by atoms with Crippen molar-refractivity contribution >= 4 is 5.97 Å². The van der Waals surface area contributed by atoms with Crippen molar-refractivity contribution in [3.05, 3.63) is 77.1 Å². The maximum Gasteiger partial charge on any atom is 0.310 e. The SMILES string of the molecule is COc1ccc(OCc2cn([C@H]3c4cc5c(cc4[C@@H](c4cc(OC)c(OC)c(OC)c4)[C@H]4C(=O)OC[C@@H]43)OCO5)nn2)cc1. The molecule has 0 unspecified atom stereocenters. The van der Waals surface area contributed by atoms with Gasteiger partial charge in [-0.15, -0.1) is 5.10 Å². The van der Waals surface area contributed by atoms with E-state index in [4.69, 9.17) is 37.9 Å². The Morgan fingerprint density at radius 3 is 2.18 bits per heavy atom. The fourth-order valence-corrected chi connectivity index (χ4v) is 6.50. The van der Waals surface area contributed by atoms with Crippen LogP contribution in [0.4, 0.5) is 0 Å². The lowest BCUT2D eigenvalue weighted by atomic mass is 9.65. The van der Waals surface area contributed by atoms with Crippen molar-refractivity contribution in [1.29, 1.82) is 0 Å². The van der Waals surface area contributed by atoms with E-state index in [0.29, 0.717) is 40.2 Å². The largest absolute Gasteiger partial charge is 0.497 e. The number of cyclic esters (lactones) is 1. The first-order valence-electron chi connectivity index (χ1n) is 14.1. The van der Waals surface area contributed by atoms with Crippen LogP contribution in [0.15, 0.2) is 54.7 Å². The molecule has 1 aliphatic carbocycles. The summed E-state index contributed by atoms with van der Waals surface area (Å²) in [5.74, 6) is 2.65. The molecule has 3 aromatic carbocycles. The molecule has 228 valence electrons. The molecule has 7 rings (SSSR count). The van der Waals surface area contributed by atoms with Crippen LogP contribution >= 0.6 is 0 Å². The Kier molecular flexibility index (Phi) is 7.03. The summed E-state index contributed by atoms with van der Waals surface area (Å²) in [7, 11) is 6.31. The molecule has 0 N–H and O–H groups in total. The molecule has 2 aliphatic heterocycles. The third kappa shape index (κ3) is 4.57. The fraction of sp³-hybridized carbons (Fsp3) is 0.344. The molecule has 44 heavy (non-hydrogen) atoms. The number of hydrogen-bond donors (Lipinski definition) is 0. The molecule has 4 atom stereocenters. The van der Waals surface area contributed by atoms with Gasteiger partial charge in [-0.3, -0.25) is 4.79 Å². The Labute approximate surface area is 253 Å². The van der Waals surface area contributed by atoms with Gasteiger partial charge >= 0.3 is 5.97 Å². The van der Waals surface area contributed by atoms with E-state index in [0.717, 1.165) is 22.4 Å². The van der Waals surface area contributed by atoms with Crippen LogP contribution in [-0.4, -0.2) is 62.8 Å². The highest BCUT2D eigenvalue weighted by molar-refractivity contribution is 5.79. The van der Waals surface area contributed by atoms with E-state index in [1.54, 1.807) is 33.1 Å². The van der Waals surface area contributed by atoms with Crippen molar-refractivity contribution in [3.8, 4) is 40.2 Å². The first-order valence-corrected chi connectivity index (χ1v) is 14.1. The lowest BCUT2D eigenvalue weighted by molar-refractivity contribution is -0.141. The first kappa shape index (κ1) is 27.7. The number of hydrogen-bond acceptors (Lipinski definition) is 11. The topological polar surface area (TPSA) is 122 Å². The van der Waals surface area contributed by atoms with E-state index in [1.807, 2.05) is 54.7 Å². The minimum absolute atomic E-state index is 0.114. The molecule has 1 fully saturated rings. The number of carbonyl (C=O) groups excluding carboxylic acids is 1. The van der Waals surface area contributed by atoms with E-state index >= 15 is 0 Å². The number of aromatic nitrogens is 3. The van der Waals surface area contributed by atoms with Crippen molar-refractivity contribution < 1.29 is 42.7 Å². The van der Waals surface area contributed by atoms with E-state index in [1.165, 1.54) is 0 Å². The first-order chi connectivity index (χ1) is 21.5. The molecule has 0 bridgehead atoms. The van der Waals surface area contributed by atoms with Crippen molar-refractivity contribution in [2.45, 2.75) is 18.6 Å². The number of methoxy groups -OCH3 is 4.